The lowest BCUT2D eigenvalue weighted by Crippen LogP contribution is -2.07. The summed E-state index contributed by atoms with van der Waals surface area (Å²) < 4.78 is 14.9. The molecule has 1 aliphatic rings. The Kier molecular flexibility index (Phi) is 6.39. The van der Waals surface area contributed by atoms with Gasteiger partial charge in [0.1, 0.15) is 12.1 Å². The second-order valence-corrected chi connectivity index (χ2v) is 8.50. The van der Waals surface area contributed by atoms with Gasteiger partial charge in [-0.15, -0.1) is 0 Å². The summed E-state index contributed by atoms with van der Waals surface area (Å²) in [5, 5.41) is 4.28. The Morgan fingerprint density at radius 1 is 1.03 bits per heavy atom. The summed E-state index contributed by atoms with van der Waals surface area (Å²) in [6.07, 6.45) is 5.80. The van der Waals surface area contributed by atoms with Crippen LogP contribution >= 0.6 is 0 Å². The van der Waals surface area contributed by atoms with Crippen LogP contribution in [-0.2, 0) is 11.3 Å². The topological polar surface area (TPSA) is 77.3 Å². The molecule has 2 aromatic carbocycles. The Hall–Kier alpha value is -4.26. The molecule has 0 radical (unpaired) electrons. The lowest BCUT2D eigenvalue weighted by molar-refractivity contribution is 0.0826. The molecule has 0 bridgehead atoms. The zero-order chi connectivity index (χ0) is 24.2. The van der Waals surface area contributed by atoms with Crippen LogP contribution in [0.2, 0.25) is 0 Å². The molecular formula is C28H23FN4O2. The highest BCUT2D eigenvalue weighted by molar-refractivity contribution is 6.05. The number of hydrogen-bond acceptors (Lipinski definition) is 6. The largest absolute Gasteiger partial charge is 0.385 e. The van der Waals surface area contributed by atoms with E-state index in [9.17, 15) is 9.18 Å². The summed E-state index contributed by atoms with van der Waals surface area (Å²) in [6, 6.07) is 17.9. The molecule has 0 aliphatic carbocycles. The average Bonchev–Trinajstić information content (AvgIpc) is 3.39. The number of hydrogen-bond donors (Lipinski definition) is 0. The molecule has 0 amide bonds. The summed E-state index contributed by atoms with van der Waals surface area (Å²) >= 11 is 0. The van der Waals surface area contributed by atoms with Crippen molar-refractivity contribution in [2.75, 3.05) is 0 Å². The van der Waals surface area contributed by atoms with E-state index in [-0.39, 0.29) is 24.1 Å². The van der Waals surface area contributed by atoms with Gasteiger partial charge in [-0.1, -0.05) is 23.4 Å². The Labute approximate surface area is 202 Å². The number of benzene rings is 2. The van der Waals surface area contributed by atoms with Crippen LogP contribution in [-0.4, -0.2) is 26.4 Å². The first-order valence-electron chi connectivity index (χ1n) is 11.4. The van der Waals surface area contributed by atoms with Gasteiger partial charge < -0.3 is 4.84 Å². The first-order chi connectivity index (χ1) is 17.1. The number of rotatable bonds is 7. The van der Waals surface area contributed by atoms with Crippen molar-refractivity contribution >= 4 is 11.5 Å². The Balaban J connectivity index is 1.47. The van der Waals surface area contributed by atoms with E-state index >= 15 is 0 Å². The number of aromatic nitrogens is 3. The zero-order valence-electron chi connectivity index (χ0n) is 19.2. The van der Waals surface area contributed by atoms with Crippen LogP contribution in [0, 0.1) is 12.7 Å². The van der Waals surface area contributed by atoms with E-state index in [4.69, 9.17) is 4.84 Å². The van der Waals surface area contributed by atoms with Gasteiger partial charge in [-0.25, -0.2) is 14.4 Å². The quantitative estimate of drug-likeness (QED) is 0.328. The minimum atomic E-state index is -0.336. The van der Waals surface area contributed by atoms with Crippen LogP contribution in [0.4, 0.5) is 4.39 Å². The van der Waals surface area contributed by atoms with Crippen molar-refractivity contribution in [3.63, 3.8) is 0 Å². The van der Waals surface area contributed by atoms with Crippen molar-refractivity contribution in [3.05, 3.63) is 113 Å². The van der Waals surface area contributed by atoms with E-state index < -0.39 is 0 Å². The van der Waals surface area contributed by atoms with Gasteiger partial charge in [0.15, 0.2) is 11.9 Å². The molecule has 174 valence electrons. The fourth-order valence-corrected chi connectivity index (χ4v) is 4.09. The SMILES string of the molecule is Cc1ccc(-c2cc(C(=O)CCc3ccncn3)cc(C3=NOC(c4ccccn4)C3)c2)c(F)c1. The van der Waals surface area contributed by atoms with Crippen molar-refractivity contribution in [1.82, 2.24) is 15.0 Å². The van der Waals surface area contributed by atoms with E-state index in [0.717, 1.165) is 22.5 Å². The summed E-state index contributed by atoms with van der Waals surface area (Å²) in [6.45, 7) is 1.84. The molecule has 1 atom stereocenters. The predicted molar refractivity (Wildman–Crippen MR) is 130 cm³/mol. The fourth-order valence-electron chi connectivity index (χ4n) is 4.09. The third kappa shape index (κ3) is 5.14. The standard InChI is InChI=1S/C28H23FN4O2/c1-18-5-7-23(24(29)12-18)19-13-20(26-16-28(35-33-26)25-4-2-3-10-31-25)15-21(14-19)27(34)8-6-22-9-11-30-17-32-22/h2-5,7,9-15,17,28H,6,8,16H2,1H3. The third-order valence-electron chi connectivity index (χ3n) is 5.96. The first kappa shape index (κ1) is 22.5. The minimum absolute atomic E-state index is 0.0555. The number of Topliss-reactive ketones (excluding diaryl/α,β-unsaturated/α-hetero) is 1. The van der Waals surface area contributed by atoms with Gasteiger partial charge in [-0.2, -0.15) is 0 Å². The molecular weight excluding hydrogens is 443 g/mol. The first-order valence-corrected chi connectivity index (χ1v) is 11.4. The molecule has 0 fully saturated rings. The maximum absolute atomic E-state index is 14.9. The van der Waals surface area contributed by atoms with Crippen LogP contribution in [0.3, 0.4) is 0 Å². The van der Waals surface area contributed by atoms with Crippen LogP contribution in [0.15, 0.2) is 84.5 Å². The van der Waals surface area contributed by atoms with Crippen LogP contribution < -0.4 is 0 Å². The van der Waals surface area contributed by atoms with Gasteiger partial charge in [0, 0.05) is 47.6 Å². The number of aryl methyl sites for hydroxylation is 2. The van der Waals surface area contributed by atoms with Crippen LogP contribution in [0.1, 0.15) is 51.8 Å². The minimum Gasteiger partial charge on any atom is -0.385 e. The molecule has 5 rings (SSSR count). The summed E-state index contributed by atoms with van der Waals surface area (Å²) in [5.41, 5.74) is 5.38. The molecule has 1 unspecified atom stereocenters. The maximum atomic E-state index is 14.9. The molecule has 35 heavy (non-hydrogen) atoms. The summed E-state index contributed by atoms with van der Waals surface area (Å²) in [4.78, 5) is 31.3. The number of pyridine rings is 1. The van der Waals surface area contributed by atoms with Crippen molar-refractivity contribution in [3.8, 4) is 11.1 Å². The zero-order valence-corrected chi connectivity index (χ0v) is 19.2. The Morgan fingerprint density at radius 2 is 1.91 bits per heavy atom. The van der Waals surface area contributed by atoms with Gasteiger partial charge in [0.2, 0.25) is 0 Å². The highest BCUT2D eigenvalue weighted by Crippen LogP contribution is 2.32. The second-order valence-electron chi connectivity index (χ2n) is 8.50. The molecule has 4 aromatic rings. The molecule has 6 nitrogen and oxygen atoms in total. The van der Waals surface area contributed by atoms with Gasteiger partial charge in [0.25, 0.3) is 0 Å². The molecule has 0 saturated carbocycles. The Morgan fingerprint density at radius 3 is 2.69 bits per heavy atom. The maximum Gasteiger partial charge on any atom is 0.174 e. The molecule has 0 saturated heterocycles. The number of carbonyl (C=O) groups is 1. The van der Waals surface area contributed by atoms with Gasteiger partial charge in [-0.05, 0) is 66.9 Å². The normalized spacial score (nSPS) is 14.9. The van der Waals surface area contributed by atoms with Crippen molar-refractivity contribution in [2.24, 2.45) is 5.16 Å². The molecule has 1 aliphatic heterocycles. The summed E-state index contributed by atoms with van der Waals surface area (Å²) in [5.74, 6) is -0.391. The van der Waals surface area contributed by atoms with E-state index in [1.807, 2.05) is 37.3 Å². The van der Waals surface area contributed by atoms with Crippen molar-refractivity contribution in [2.45, 2.75) is 32.3 Å². The lowest BCUT2D eigenvalue weighted by atomic mass is 9.92. The van der Waals surface area contributed by atoms with Gasteiger partial charge in [-0.3, -0.25) is 9.78 Å². The highest BCUT2D eigenvalue weighted by atomic mass is 19.1. The highest BCUT2D eigenvalue weighted by Gasteiger charge is 2.26. The van der Waals surface area contributed by atoms with Crippen molar-refractivity contribution < 1.29 is 14.0 Å². The van der Waals surface area contributed by atoms with Crippen molar-refractivity contribution in [1.29, 1.82) is 0 Å². The van der Waals surface area contributed by atoms with E-state index in [1.54, 1.807) is 36.7 Å². The molecule has 7 heteroatoms. The molecule has 3 heterocycles. The second kappa shape index (κ2) is 9.93. The van der Waals surface area contributed by atoms with Gasteiger partial charge >= 0.3 is 0 Å². The van der Waals surface area contributed by atoms with Gasteiger partial charge in [0.05, 0.1) is 11.4 Å². The predicted octanol–water partition coefficient (Wildman–Crippen LogP) is 5.67. The summed E-state index contributed by atoms with van der Waals surface area (Å²) in [7, 11) is 0. The number of halogens is 1. The number of nitrogens with zero attached hydrogens (tertiary/aromatic N) is 4. The van der Waals surface area contributed by atoms with E-state index in [0.29, 0.717) is 35.2 Å². The third-order valence-corrected chi connectivity index (χ3v) is 5.96. The lowest BCUT2D eigenvalue weighted by Gasteiger charge is -2.11. The number of ketones is 1. The van der Waals surface area contributed by atoms with E-state index in [2.05, 4.69) is 20.1 Å². The monoisotopic (exact) mass is 466 g/mol. The Bertz CT molecular complexity index is 1390. The molecule has 2 aromatic heterocycles. The molecule has 0 N–H and O–H groups in total. The number of carbonyl (C=O) groups excluding carboxylic acids is 1. The number of oxime groups is 1. The van der Waals surface area contributed by atoms with Crippen LogP contribution in [0.25, 0.3) is 11.1 Å². The fraction of sp³-hybridized carbons (Fsp3) is 0.179. The van der Waals surface area contributed by atoms with E-state index in [1.165, 1.54) is 12.4 Å². The average molecular weight is 467 g/mol. The van der Waals surface area contributed by atoms with Crippen LogP contribution in [0.5, 0.6) is 0 Å². The smallest absolute Gasteiger partial charge is 0.174 e. The molecule has 0 spiro atoms.